The molecule has 1 aromatic rings. The van der Waals surface area contributed by atoms with Gasteiger partial charge in [-0.2, -0.15) is 0 Å². The van der Waals surface area contributed by atoms with Crippen LogP contribution in [0.5, 0.6) is 0 Å². The molecular weight excluding hydrogens is 227 g/mol. The van der Waals surface area contributed by atoms with Gasteiger partial charge in [0.05, 0.1) is 6.61 Å². The molecule has 0 amide bonds. The van der Waals surface area contributed by atoms with Crippen molar-refractivity contribution in [1.29, 1.82) is 0 Å². The summed E-state index contributed by atoms with van der Waals surface area (Å²) < 4.78 is 0. The molecule has 0 spiro atoms. The van der Waals surface area contributed by atoms with Gasteiger partial charge in [-0.25, -0.2) is 0 Å². The van der Waals surface area contributed by atoms with E-state index in [1.165, 1.54) is 0 Å². The molecule has 0 fully saturated rings. The van der Waals surface area contributed by atoms with Crippen LogP contribution in [0, 0.1) is 0 Å². The third-order valence-electron chi connectivity index (χ3n) is 1.48. The van der Waals surface area contributed by atoms with Crippen LogP contribution in [-0.2, 0) is 11.9 Å². The number of aliphatic hydroxyl groups excluding tert-OH is 1. The molecule has 0 aliphatic heterocycles. The normalized spacial score (nSPS) is 10.1. The van der Waals surface area contributed by atoms with Gasteiger partial charge in [0.25, 0.3) is 0 Å². The van der Waals surface area contributed by atoms with Crippen LogP contribution in [0.4, 0.5) is 0 Å². The van der Waals surface area contributed by atoms with Crippen LogP contribution in [0.25, 0.3) is 0 Å². The number of aliphatic hydroxyl groups is 1. The topological polar surface area (TPSA) is 20.2 Å². The Labute approximate surface area is 79.1 Å². The number of halogens is 2. The molecule has 0 saturated heterocycles. The first-order valence-electron chi connectivity index (χ1n) is 3.22. The lowest BCUT2D eigenvalue weighted by molar-refractivity contribution is 0.281. The first-order valence-corrected chi connectivity index (χ1v) is 4.72. The molecule has 0 unspecified atom stereocenters. The van der Waals surface area contributed by atoms with Crippen molar-refractivity contribution < 1.29 is 5.11 Å². The molecule has 1 rings (SSSR count). The van der Waals surface area contributed by atoms with Gasteiger partial charge in [-0.15, -0.1) is 0 Å². The molecule has 60 valence electrons. The van der Waals surface area contributed by atoms with Gasteiger partial charge < -0.3 is 5.11 Å². The summed E-state index contributed by atoms with van der Waals surface area (Å²) in [7, 11) is 0. The van der Waals surface area contributed by atoms with Gasteiger partial charge in [-0.3, -0.25) is 0 Å². The Bertz CT molecular complexity index is 250. The Kier molecular flexibility index (Phi) is 3.37. The molecular formula is C8H8BrClO. The predicted molar refractivity (Wildman–Crippen MR) is 50.0 cm³/mol. The number of hydrogen-bond acceptors (Lipinski definition) is 1. The van der Waals surface area contributed by atoms with Crippen LogP contribution in [0.15, 0.2) is 18.2 Å². The van der Waals surface area contributed by atoms with Crippen molar-refractivity contribution in [3.63, 3.8) is 0 Å². The van der Waals surface area contributed by atoms with E-state index in [0.29, 0.717) is 5.02 Å². The van der Waals surface area contributed by atoms with Crippen molar-refractivity contribution in [3.8, 4) is 0 Å². The van der Waals surface area contributed by atoms with Gasteiger partial charge in [0.2, 0.25) is 0 Å². The zero-order valence-electron chi connectivity index (χ0n) is 5.85. The predicted octanol–water partition coefficient (Wildman–Crippen LogP) is 2.73. The van der Waals surface area contributed by atoms with Crippen LogP contribution < -0.4 is 0 Å². The van der Waals surface area contributed by atoms with E-state index in [1.54, 1.807) is 6.07 Å². The maximum absolute atomic E-state index is 8.89. The van der Waals surface area contributed by atoms with Gasteiger partial charge in [-0.05, 0) is 23.3 Å². The van der Waals surface area contributed by atoms with Gasteiger partial charge in [0.1, 0.15) is 0 Å². The number of alkyl halides is 1. The summed E-state index contributed by atoms with van der Waals surface area (Å²) in [5.41, 5.74) is 1.96. The van der Waals surface area contributed by atoms with Crippen molar-refractivity contribution in [2.24, 2.45) is 0 Å². The van der Waals surface area contributed by atoms with E-state index in [9.17, 15) is 0 Å². The second-order valence-corrected chi connectivity index (χ2v) is 3.20. The fourth-order valence-electron chi connectivity index (χ4n) is 0.872. The first-order chi connectivity index (χ1) is 5.27. The second kappa shape index (κ2) is 4.10. The molecule has 0 saturated carbocycles. The van der Waals surface area contributed by atoms with Crippen molar-refractivity contribution in [3.05, 3.63) is 34.3 Å². The van der Waals surface area contributed by atoms with Gasteiger partial charge >= 0.3 is 0 Å². The molecule has 0 bridgehead atoms. The smallest absolute Gasteiger partial charge is 0.0685 e. The molecule has 1 nitrogen and oxygen atoms in total. The van der Waals surface area contributed by atoms with Crippen molar-refractivity contribution in [2.45, 2.75) is 11.9 Å². The van der Waals surface area contributed by atoms with E-state index in [4.69, 9.17) is 16.7 Å². The Morgan fingerprint density at radius 1 is 1.36 bits per heavy atom. The molecule has 0 heterocycles. The molecule has 0 aliphatic rings. The van der Waals surface area contributed by atoms with Crippen molar-refractivity contribution in [1.82, 2.24) is 0 Å². The molecule has 0 aliphatic carbocycles. The summed E-state index contributed by atoms with van der Waals surface area (Å²) in [5.74, 6) is 0. The van der Waals surface area contributed by atoms with Gasteiger partial charge in [0.15, 0.2) is 0 Å². The molecule has 0 radical (unpaired) electrons. The van der Waals surface area contributed by atoms with Crippen LogP contribution in [-0.4, -0.2) is 5.11 Å². The van der Waals surface area contributed by atoms with Crippen molar-refractivity contribution >= 4 is 27.5 Å². The molecule has 0 aromatic heterocycles. The minimum absolute atomic E-state index is 0.0431. The van der Waals surface area contributed by atoms with E-state index in [2.05, 4.69) is 15.9 Å². The molecule has 0 atom stereocenters. The number of hydrogen-bond donors (Lipinski definition) is 1. The number of rotatable bonds is 2. The van der Waals surface area contributed by atoms with Crippen LogP contribution >= 0.6 is 27.5 Å². The third kappa shape index (κ3) is 2.19. The lowest BCUT2D eigenvalue weighted by atomic mass is 10.1. The standard InChI is InChI=1S/C8H8BrClO/c9-4-6-1-2-8(10)3-7(6)5-11/h1-3,11H,4-5H2. The zero-order chi connectivity index (χ0) is 8.27. The summed E-state index contributed by atoms with van der Waals surface area (Å²) >= 11 is 9.05. The maximum Gasteiger partial charge on any atom is 0.0685 e. The van der Waals surface area contributed by atoms with Crippen LogP contribution in [0.3, 0.4) is 0 Å². The third-order valence-corrected chi connectivity index (χ3v) is 2.32. The number of benzene rings is 1. The van der Waals surface area contributed by atoms with E-state index in [0.717, 1.165) is 16.5 Å². The highest BCUT2D eigenvalue weighted by atomic mass is 79.9. The zero-order valence-corrected chi connectivity index (χ0v) is 8.19. The molecule has 11 heavy (non-hydrogen) atoms. The van der Waals surface area contributed by atoms with Crippen molar-refractivity contribution in [2.75, 3.05) is 0 Å². The highest BCUT2D eigenvalue weighted by molar-refractivity contribution is 9.08. The Hall–Kier alpha value is -0.0500. The van der Waals surface area contributed by atoms with E-state index >= 15 is 0 Å². The SMILES string of the molecule is OCc1cc(Cl)ccc1CBr. The van der Waals surface area contributed by atoms with Gasteiger partial charge in [0, 0.05) is 10.4 Å². The summed E-state index contributed by atoms with van der Waals surface area (Å²) in [6.45, 7) is 0.0431. The fraction of sp³-hybridized carbons (Fsp3) is 0.250. The summed E-state index contributed by atoms with van der Waals surface area (Å²) in [4.78, 5) is 0. The lowest BCUT2D eigenvalue weighted by Crippen LogP contribution is -1.89. The minimum atomic E-state index is 0.0431. The summed E-state index contributed by atoms with van der Waals surface area (Å²) in [6, 6.07) is 5.50. The Morgan fingerprint density at radius 3 is 2.64 bits per heavy atom. The largest absolute Gasteiger partial charge is 0.392 e. The quantitative estimate of drug-likeness (QED) is 0.782. The van der Waals surface area contributed by atoms with Crippen LogP contribution in [0.2, 0.25) is 5.02 Å². The maximum atomic E-state index is 8.89. The van der Waals surface area contributed by atoms with E-state index in [-0.39, 0.29) is 6.61 Å². The molecule has 1 aromatic carbocycles. The van der Waals surface area contributed by atoms with E-state index < -0.39 is 0 Å². The molecule has 1 N–H and O–H groups in total. The highest BCUT2D eigenvalue weighted by Crippen LogP contribution is 2.18. The summed E-state index contributed by atoms with van der Waals surface area (Å²) in [5, 5.41) is 10.3. The van der Waals surface area contributed by atoms with Crippen LogP contribution in [0.1, 0.15) is 11.1 Å². The average molecular weight is 236 g/mol. The fourth-order valence-corrected chi connectivity index (χ4v) is 1.61. The Morgan fingerprint density at radius 2 is 2.09 bits per heavy atom. The van der Waals surface area contributed by atoms with E-state index in [1.807, 2.05) is 12.1 Å². The minimum Gasteiger partial charge on any atom is -0.392 e. The summed E-state index contributed by atoms with van der Waals surface area (Å²) in [6.07, 6.45) is 0. The second-order valence-electron chi connectivity index (χ2n) is 2.20. The Balaban J connectivity index is 3.06. The first kappa shape index (κ1) is 9.04. The monoisotopic (exact) mass is 234 g/mol. The van der Waals surface area contributed by atoms with Gasteiger partial charge in [-0.1, -0.05) is 33.6 Å². The molecule has 3 heteroatoms. The highest BCUT2D eigenvalue weighted by Gasteiger charge is 1.99. The average Bonchev–Trinajstić information content (AvgIpc) is 2.04. The lowest BCUT2D eigenvalue weighted by Gasteiger charge is -2.03.